The van der Waals surface area contributed by atoms with Gasteiger partial charge in [-0.1, -0.05) is 29.8 Å². The molecule has 1 fully saturated rings. The minimum absolute atomic E-state index is 0.183. The number of aromatic nitrogens is 2. The summed E-state index contributed by atoms with van der Waals surface area (Å²) < 4.78 is 0. The first-order chi connectivity index (χ1) is 17.1. The number of fused-ring (bicyclic) bond motifs is 3. The molecule has 2 aromatic heterocycles. The van der Waals surface area contributed by atoms with Crippen molar-refractivity contribution in [1.29, 1.82) is 0 Å². The van der Waals surface area contributed by atoms with E-state index in [-0.39, 0.29) is 6.04 Å². The third kappa shape index (κ3) is 5.20. The quantitative estimate of drug-likeness (QED) is 0.310. The van der Waals surface area contributed by atoms with E-state index in [1.54, 1.807) is 6.07 Å². The molecule has 4 N–H and O–H groups in total. The summed E-state index contributed by atoms with van der Waals surface area (Å²) >= 11 is 6.04. The van der Waals surface area contributed by atoms with Crippen LogP contribution < -0.4 is 16.4 Å². The first-order valence-corrected chi connectivity index (χ1v) is 12.9. The maximum atomic E-state index is 6.16. The number of pyridine rings is 2. The number of likely N-dealkylation sites (tertiary alicyclic amines) is 1. The van der Waals surface area contributed by atoms with Gasteiger partial charge in [0.25, 0.3) is 0 Å². The molecule has 2 aliphatic rings. The van der Waals surface area contributed by atoms with Gasteiger partial charge in [0, 0.05) is 58.1 Å². The predicted octanol–water partition coefficient (Wildman–Crippen LogP) is 4.88. The second-order valence-corrected chi connectivity index (χ2v) is 9.75. The lowest BCUT2D eigenvalue weighted by molar-refractivity contribution is 0.192. The van der Waals surface area contributed by atoms with Crippen LogP contribution in [0.2, 0.25) is 5.02 Å². The Morgan fingerprint density at radius 2 is 1.77 bits per heavy atom. The Balaban J connectivity index is 1.09. The highest BCUT2D eigenvalue weighted by Crippen LogP contribution is 2.41. The minimum atomic E-state index is 0.183. The number of nitrogens with two attached hydrogens (primary N) is 1. The zero-order valence-electron chi connectivity index (χ0n) is 20.2. The molecule has 0 unspecified atom stereocenters. The normalized spacial score (nSPS) is 16.8. The molecule has 0 atom stereocenters. The summed E-state index contributed by atoms with van der Waals surface area (Å²) in [5.41, 5.74) is 13.5. The minimum Gasteiger partial charge on any atom is -0.398 e. The van der Waals surface area contributed by atoms with Crippen molar-refractivity contribution >= 4 is 23.0 Å². The fraction of sp³-hybridized carbons (Fsp3) is 0.357. The van der Waals surface area contributed by atoms with Crippen LogP contribution in [0.1, 0.15) is 48.9 Å². The van der Waals surface area contributed by atoms with Crippen LogP contribution in [0.25, 0.3) is 17.1 Å². The number of anilines is 1. The molecule has 0 bridgehead atoms. The molecule has 3 heterocycles. The summed E-state index contributed by atoms with van der Waals surface area (Å²) in [4.78, 5) is 11.8. The van der Waals surface area contributed by atoms with E-state index in [4.69, 9.17) is 17.3 Å². The van der Waals surface area contributed by atoms with Crippen LogP contribution in [-0.2, 0) is 0 Å². The molecule has 0 spiro atoms. The number of halogens is 1. The van der Waals surface area contributed by atoms with Gasteiger partial charge in [-0.05, 0) is 76.2 Å². The highest BCUT2D eigenvalue weighted by atomic mass is 35.5. The second-order valence-electron chi connectivity index (χ2n) is 9.31. The fourth-order valence-electron chi connectivity index (χ4n) is 5.26. The molecule has 1 aromatic carbocycles. The van der Waals surface area contributed by atoms with Gasteiger partial charge in [0.15, 0.2) is 0 Å². The number of allylic oxidation sites excluding steroid dienone is 1. The van der Waals surface area contributed by atoms with Crippen LogP contribution >= 0.6 is 11.6 Å². The van der Waals surface area contributed by atoms with Crippen molar-refractivity contribution in [3.05, 3.63) is 82.6 Å². The van der Waals surface area contributed by atoms with E-state index in [2.05, 4.69) is 43.7 Å². The summed E-state index contributed by atoms with van der Waals surface area (Å²) in [5, 5.41) is 8.13. The van der Waals surface area contributed by atoms with Gasteiger partial charge in [-0.15, -0.1) is 0 Å². The first kappa shape index (κ1) is 23.8. The number of nitrogens with zero attached hydrogens (tertiary/aromatic N) is 3. The van der Waals surface area contributed by atoms with E-state index in [0.29, 0.717) is 16.8 Å². The number of nitrogens with one attached hydrogen (secondary N) is 2. The SMILES string of the molecule is C/C=C(/NCCCN1CCC(NC2c3cccnc3-c3ncccc32)CC1)c1ccc(Cl)cc1N. The van der Waals surface area contributed by atoms with Crippen molar-refractivity contribution in [3.63, 3.8) is 0 Å². The topological polar surface area (TPSA) is 79.1 Å². The van der Waals surface area contributed by atoms with Gasteiger partial charge in [0.2, 0.25) is 0 Å². The highest BCUT2D eigenvalue weighted by molar-refractivity contribution is 6.30. The molecule has 0 saturated carbocycles. The Labute approximate surface area is 212 Å². The summed E-state index contributed by atoms with van der Waals surface area (Å²) in [6, 6.07) is 14.8. The van der Waals surface area contributed by atoms with E-state index in [1.165, 1.54) is 11.1 Å². The molecule has 5 rings (SSSR count). The average molecular weight is 489 g/mol. The summed E-state index contributed by atoms with van der Waals surface area (Å²) in [5.74, 6) is 0. The lowest BCUT2D eigenvalue weighted by atomic mass is 10.00. The Bertz CT molecular complexity index is 1160. The van der Waals surface area contributed by atoms with E-state index in [1.807, 2.05) is 43.6 Å². The molecule has 0 radical (unpaired) electrons. The second kappa shape index (κ2) is 10.8. The Hall–Kier alpha value is -2.93. The third-order valence-electron chi connectivity index (χ3n) is 7.07. The largest absolute Gasteiger partial charge is 0.398 e. The van der Waals surface area contributed by atoms with Crippen molar-refractivity contribution in [2.45, 2.75) is 38.3 Å². The van der Waals surface area contributed by atoms with Crippen molar-refractivity contribution < 1.29 is 0 Å². The maximum absolute atomic E-state index is 6.16. The van der Waals surface area contributed by atoms with E-state index in [0.717, 1.165) is 68.1 Å². The molecule has 182 valence electrons. The van der Waals surface area contributed by atoms with Crippen LogP contribution in [0, 0.1) is 0 Å². The van der Waals surface area contributed by atoms with Crippen LogP contribution in [0.4, 0.5) is 5.69 Å². The van der Waals surface area contributed by atoms with Crippen LogP contribution in [0.3, 0.4) is 0 Å². The van der Waals surface area contributed by atoms with Crippen LogP contribution in [0.15, 0.2) is 60.9 Å². The van der Waals surface area contributed by atoms with Crippen LogP contribution in [0.5, 0.6) is 0 Å². The average Bonchev–Trinajstić information content (AvgIpc) is 3.19. The Morgan fingerprint density at radius 3 is 2.40 bits per heavy atom. The molecule has 6 nitrogen and oxygen atoms in total. The maximum Gasteiger partial charge on any atom is 0.0940 e. The van der Waals surface area contributed by atoms with Crippen molar-refractivity contribution in [1.82, 2.24) is 25.5 Å². The predicted molar refractivity (Wildman–Crippen MR) is 144 cm³/mol. The number of rotatable bonds is 8. The van der Waals surface area contributed by atoms with E-state index >= 15 is 0 Å². The molecule has 0 amide bonds. The molecule has 1 aliphatic carbocycles. The number of hydrogen-bond acceptors (Lipinski definition) is 6. The van der Waals surface area contributed by atoms with Gasteiger partial charge < -0.3 is 21.3 Å². The van der Waals surface area contributed by atoms with Gasteiger partial charge in [-0.25, -0.2) is 0 Å². The standard InChI is InChI=1S/C28H33ClN6/c1-2-25(21-9-8-19(29)18-24(21)30)31-14-5-15-35-16-10-20(11-17-35)34-26-22-6-3-12-32-27(22)28-23(26)7-4-13-33-28/h2-4,6-9,12-13,18,20,26,31,34H,5,10-11,14-17,30H2,1H3/b25-2+. The molecule has 1 aliphatic heterocycles. The summed E-state index contributed by atoms with van der Waals surface area (Å²) in [6.45, 7) is 6.27. The number of nitrogen functional groups attached to an aromatic ring is 1. The monoisotopic (exact) mass is 488 g/mol. The van der Waals surface area contributed by atoms with Crippen molar-refractivity contribution in [2.24, 2.45) is 0 Å². The van der Waals surface area contributed by atoms with E-state index < -0.39 is 0 Å². The van der Waals surface area contributed by atoms with Gasteiger partial charge >= 0.3 is 0 Å². The third-order valence-corrected chi connectivity index (χ3v) is 7.31. The fourth-order valence-corrected chi connectivity index (χ4v) is 5.44. The summed E-state index contributed by atoms with van der Waals surface area (Å²) in [7, 11) is 0. The number of benzene rings is 1. The van der Waals surface area contributed by atoms with Gasteiger partial charge in [0.05, 0.1) is 17.4 Å². The molecule has 35 heavy (non-hydrogen) atoms. The number of piperidine rings is 1. The Morgan fingerprint density at radius 1 is 1.09 bits per heavy atom. The number of hydrogen-bond donors (Lipinski definition) is 3. The van der Waals surface area contributed by atoms with Crippen LogP contribution in [-0.4, -0.2) is 47.1 Å². The smallest absolute Gasteiger partial charge is 0.0940 e. The van der Waals surface area contributed by atoms with Crippen molar-refractivity contribution in [3.8, 4) is 11.4 Å². The van der Waals surface area contributed by atoms with Gasteiger partial charge in [-0.2, -0.15) is 0 Å². The molecule has 1 saturated heterocycles. The zero-order chi connectivity index (χ0) is 24.2. The lowest BCUT2D eigenvalue weighted by Crippen LogP contribution is -2.44. The molecular formula is C28H33ClN6. The zero-order valence-corrected chi connectivity index (χ0v) is 20.9. The van der Waals surface area contributed by atoms with Gasteiger partial charge in [0.1, 0.15) is 0 Å². The lowest BCUT2D eigenvalue weighted by Gasteiger charge is -2.34. The Kier molecular flexibility index (Phi) is 7.32. The highest BCUT2D eigenvalue weighted by Gasteiger charge is 2.32. The van der Waals surface area contributed by atoms with E-state index in [9.17, 15) is 0 Å². The van der Waals surface area contributed by atoms with Gasteiger partial charge in [-0.3, -0.25) is 9.97 Å². The molecule has 3 aromatic rings. The van der Waals surface area contributed by atoms with Crippen molar-refractivity contribution in [2.75, 3.05) is 31.9 Å². The molecule has 7 heteroatoms. The summed E-state index contributed by atoms with van der Waals surface area (Å²) in [6.07, 6.45) is 9.17. The molecular weight excluding hydrogens is 456 g/mol. The first-order valence-electron chi connectivity index (χ1n) is 12.5.